The van der Waals surface area contributed by atoms with Crippen LogP contribution in [0.25, 0.3) is 0 Å². The molecule has 0 aliphatic carbocycles. The molecule has 0 bridgehead atoms. The Labute approximate surface area is 125 Å². The topological polar surface area (TPSA) is 87.2 Å². The molecule has 2 heterocycles. The summed E-state index contributed by atoms with van der Waals surface area (Å²) in [6.07, 6.45) is 1.28. The summed E-state index contributed by atoms with van der Waals surface area (Å²) in [5.41, 5.74) is -0.807. The van der Waals surface area contributed by atoms with Crippen LogP contribution in [0.3, 0.4) is 0 Å². The van der Waals surface area contributed by atoms with Gasteiger partial charge in [0, 0.05) is 33.8 Å². The van der Waals surface area contributed by atoms with Gasteiger partial charge in [0.25, 0.3) is 0 Å². The maximum absolute atomic E-state index is 11.7. The van der Waals surface area contributed by atoms with E-state index in [9.17, 15) is 18.3 Å². The highest BCUT2D eigenvalue weighted by atomic mass is 32.2. The van der Waals surface area contributed by atoms with Gasteiger partial charge in [0.1, 0.15) is 5.41 Å². The second-order valence-electron chi connectivity index (χ2n) is 6.19. The van der Waals surface area contributed by atoms with Crippen molar-refractivity contribution in [2.45, 2.75) is 12.8 Å². The fraction of sp³-hybridized carbons (Fsp3) is 0.923. The number of aliphatic carboxylic acids is 1. The summed E-state index contributed by atoms with van der Waals surface area (Å²) < 4.78 is 30.0. The van der Waals surface area contributed by atoms with Gasteiger partial charge in [0.2, 0.25) is 10.0 Å². The summed E-state index contributed by atoms with van der Waals surface area (Å²) in [5.74, 6) is -0.595. The fourth-order valence-corrected chi connectivity index (χ4v) is 4.08. The highest BCUT2D eigenvalue weighted by molar-refractivity contribution is 7.89. The Kier molecular flexibility index (Phi) is 4.92. The molecule has 8 heteroatoms. The maximum atomic E-state index is 11.7. The van der Waals surface area contributed by atoms with Crippen LogP contribution in [0.2, 0.25) is 0 Å². The molecule has 7 nitrogen and oxygen atoms in total. The third-order valence-electron chi connectivity index (χ3n) is 4.59. The summed E-state index contributed by atoms with van der Waals surface area (Å²) in [6, 6.07) is 0. The monoisotopic (exact) mass is 320 g/mol. The van der Waals surface area contributed by atoms with Crippen molar-refractivity contribution < 1.29 is 23.1 Å². The lowest BCUT2D eigenvalue weighted by Gasteiger charge is -2.34. The quantitative estimate of drug-likeness (QED) is 0.722. The largest absolute Gasteiger partial charge is 0.481 e. The molecule has 0 aromatic heterocycles. The molecule has 0 radical (unpaired) electrons. The van der Waals surface area contributed by atoms with Gasteiger partial charge >= 0.3 is 5.97 Å². The molecular formula is C13H24N2O5S. The van der Waals surface area contributed by atoms with E-state index in [4.69, 9.17) is 4.74 Å². The SMILES string of the molecule is CN(C)S(=O)(=O)CCCN1C[C@@H]2CCOC[C@]2(C(=O)O)C1. The summed E-state index contributed by atoms with van der Waals surface area (Å²) in [6.45, 7) is 2.66. The van der Waals surface area contributed by atoms with Crippen LogP contribution in [-0.2, 0) is 19.6 Å². The van der Waals surface area contributed by atoms with Gasteiger partial charge in [-0.2, -0.15) is 0 Å². The Morgan fingerprint density at radius 3 is 2.76 bits per heavy atom. The third-order valence-corrected chi connectivity index (χ3v) is 6.51. The van der Waals surface area contributed by atoms with Crippen LogP contribution in [0.1, 0.15) is 12.8 Å². The number of ether oxygens (including phenoxy) is 1. The number of nitrogens with zero attached hydrogens (tertiary/aromatic N) is 2. The van der Waals surface area contributed by atoms with Crippen molar-refractivity contribution in [1.82, 2.24) is 9.21 Å². The molecule has 2 fully saturated rings. The van der Waals surface area contributed by atoms with Crippen molar-refractivity contribution in [3.8, 4) is 0 Å². The zero-order chi connectivity index (χ0) is 15.7. The van der Waals surface area contributed by atoms with Crippen molar-refractivity contribution >= 4 is 16.0 Å². The van der Waals surface area contributed by atoms with Crippen LogP contribution >= 0.6 is 0 Å². The molecule has 21 heavy (non-hydrogen) atoms. The highest BCUT2D eigenvalue weighted by Crippen LogP contribution is 2.41. The predicted molar refractivity (Wildman–Crippen MR) is 77.5 cm³/mol. The Morgan fingerprint density at radius 2 is 2.19 bits per heavy atom. The summed E-state index contributed by atoms with van der Waals surface area (Å²) in [5, 5.41) is 9.54. The molecule has 2 saturated heterocycles. The molecule has 0 saturated carbocycles. The molecule has 1 N–H and O–H groups in total. The lowest BCUT2D eigenvalue weighted by molar-refractivity contribution is -0.159. The number of carbonyl (C=O) groups is 1. The second-order valence-corrected chi connectivity index (χ2v) is 8.49. The van der Waals surface area contributed by atoms with Crippen LogP contribution < -0.4 is 0 Å². The number of carboxylic acids is 1. The Bertz CT molecular complexity index is 493. The van der Waals surface area contributed by atoms with Gasteiger partial charge in [-0.15, -0.1) is 0 Å². The number of likely N-dealkylation sites (tertiary alicyclic amines) is 1. The lowest BCUT2D eigenvalue weighted by Crippen LogP contribution is -2.46. The lowest BCUT2D eigenvalue weighted by atomic mass is 9.76. The van der Waals surface area contributed by atoms with Gasteiger partial charge in [-0.1, -0.05) is 0 Å². The number of sulfonamides is 1. The van der Waals surface area contributed by atoms with Crippen LogP contribution in [0.4, 0.5) is 0 Å². The first-order valence-corrected chi connectivity index (χ1v) is 8.82. The van der Waals surface area contributed by atoms with Crippen LogP contribution in [0.15, 0.2) is 0 Å². The van der Waals surface area contributed by atoms with Crippen molar-refractivity contribution in [2.24, 2.45) is 11.3 Å². The molecule has 122 valence electrons. The molecule has 0 aromatic rings. The minimum absolute atomic E-state index is 0.0950. The van der Waals surface area contributed by atoms with E-state index in [1.165, 1.54) is 18.4 Å². The van der Waals surface area contributed by atoms with Crippen molar-refractivity contribution in [3.05, 3.63) is 0 Å². The smallest absolute Gasteiger partial charge is 0.313 e. The average Bonchev–Trinajstić information content (AvgIpc) is 2.77. The zero-order valence-electron chi connectivity index (χ0n) is 12.6. The Hall–Kier alpha value is -0.700. The van der Waals surface area contributed by atoms with E-state index in [-0.39, 0.29) is 18.3 Å². The van der Waals surface area contributed by atoms with Gasteiger partial charge < -0.3 is 14.7 Å². The molecule has 2 aliphatic rings. The number of hydrogen-bond donors (Lipinski definition) is 1. The fourth-order valence-electron chi connectivity index (χ4n) is 3.22. The third kappa shape index (κ3) is 3.39. The van der Waals surface area contributed by atoms with Gasteiger partial charge in [-0.05, 0) is 25.3 Å². The molecule has 0 aromatic carbocycles. The molecule has 2 aliphatic heterocycles. The van der Waals surface area contributed by atoms with Gasteiger partial charge in [-0.3, -0.25) is 4.79 Å². The summed E-state index contributed by atoms with van der Waals surface area (Å²) >= 11 is 0. The Balaban J connectivity index is 1.91. The summed E-state index contributed by atoms with van der Waals surface area (Å²) in [4.78, 5) is 13.7. The van der Waals surface area contributed by atoms with E-state index >= 15 is 0 Å². The minimum Gasteiger partial charge on any atom is -0.481 e. The highest BCUT2D eigenvalue weighted by Gasteiger charge is 2.53. The molecule has 2 atom stereocenters. The number of fused-ring (bicyclic) bond motifs is 1. The van der Waals surface area contributed by atoms with Crippen LogP contribution in [0, 0.1) is 11.3 Å². The Morgan fingerprint density at radius 1 is 1.48 bits per heavy atom. The normalized spacial score (nSPS) is 30.5. The van der Waals surface area contributed by atoms with Gasteiger partial charge in [0.15, 0.2) is 0 Å². The second kappa shape index (κ2) is 6.20. The van der Waals surface area contributed by atoms with E-state index in [0.717, 1.165) is 13.0 Å². The van der Waals surface area contributed by atoms with E-state index in [0.29, 0.717) is 26.1 Å². The molecule has 0 amide bonds. The molecule has 0 spiro atoms. The van der Waals surface area contributed by atoms with E-state index < -0.39 is 21.4 Å². The van der Waals surface area contributed by atoms with Gasteiger partial charge in [-0.25, -0.2) is 12.7 Å². The van der Waals surface area contributed by atoms with Crippen molar-refractivity contribution in [3.63, 3.8) is 0 Å². The minimum atomic E-state index is -3.18. The molecule has 0 unspecified atom stereocenters. The van der Waals surface area contributed by atoms with Crippen molar-refractivity contribution in [2.75, 3.05) is 52.7 Å². The van der Waals surface area contributed by atoms with Crippen LogP contribution in [-0.4, -0.2) is 81.4 Å². The maximum Gasteiger partial charge on any atom is 0.313 e. The van der Waals surface area contributed by atoms with Gasteiger partial charge in [0.05, 0.1) is 12.4 Å². The standard InChI is InChI=1S/C13H24N2O5S/c1-14(2)21(18,19)7-3-5-15-8-11-4-6-20-10-13(11,9-15)12(16)17/h11H,3-10H2,1-2H3,(H,16,17)/t11-,13+/m0/s1. The molecule has 2 rings (SSSR count). The van der Waals surface area contributed by atoms with E-state index in [1.807, 2.05) is 0 Å². The van der Waals surface area contributed by atoms with Crippen LogP contribution in [0.5, 0.6) is 0 Å². The average molecular weight is 320 g/mol. The number of carboxylic acid groups (broad SMARTS) is 1. The predicted octanol–water partition coefficient (Wildman–Crippen LogP) is -0.309. The number of hydrogen-bond acceptors (Lipinski definition) is 5. The summed E-state index contributed by atoms with van der Waals surface area (Å²) in [7, 11) is -0.133. The number of rotatable bonds is 6. The zero-order valence-corrected chi connectivity index (χ0v) is 13.4. The first-order chi connectivity index (χ1) is 9.78. The first kappa shape index (κ1) is 16.7. The van der Waals surface area contributed by atoms with E-state index in [1.54, 1.807) is 0 Å². The first-order valence-electron chi connectivity index (χ1n) is 7.22. The molecular weight excluding hydrogens is 296 g/mol. The van der Waals surface area contributed by atoms with E-state index in [2.05, 4.69) is 4.90 Å². The van der Waals surface area contributed by atoms with Crippen molar-refractivity contribution in [1.29, 1.82) is 0 Å².